The Hall–Kier alpha value is -5.11. The standard InChI is InChI=1S/C33H35N7O4/c1-3-24(38-33(43)44-2)32(42)40-17-5-7-29(40)31-35-25-15-12-22(18-26(25)36-31)9-8-21-10-13-23(14-11-21)27-19-34-30(37-27)28-6-4-16-39(28)20-41/h10-15,18-20,24,28-29H,3-7,16-17H2,1-2H3,(H,34,37)(H,35,36)(H,38,43). The van der Waals surface area contributed by atoms with E-state index in [1.807, 2.05) is 55.6 Å². The molecule has 0 saturated carbocycles. The van der Waals surface area contributed by atoms with Gasteiger partial charge in [0.2, 0.25) is 12.3 Å². The number of amides is 3. The van der Waals surface area contributed by atoms with Crippen molar-refractivity contribution in [2.24, 2.45) is 0 Å². The van der Waals surface area contributed by atoms with E-state index in [0.717, 1.165) is 83.7 Å². The van der Waals surface area contributed by atoms with Crippen LogP contribution in [0.5, 0.6) is 0 Å². The lowest BCUT2D eigenvalue weighted by Crippen LogP contribution is -2.48. The average Bonchev–Trinajstić information content (AvgIpc) is 3.87. The fourth-order valence-corrected chi connectivity index (χ4v) is 6.06. The van der Waals surface area contributed by atoms with Crippen molar-refractivity contribution in [1.82, 2.24) is 35.1 Å². The third-order valence-electron chi connectivity index (χ3n) is 8.42. The molecule has 2 fully saturated rings. The molecule has 3 N–H and O–H groups in total. The maximum Gasteiger partial charge on any atom is 0.407 e. The summed E-state index contributed by atoms with van der Waals surface area (Å²) in [5.74, 6) is 7.90. The van der Waals surface area contributed by atoms with Gasteiger partial charge < -0.3 is 29.8 Å². The van der Waals surface area contributed by atoms with Crippen LogP contribution in [0.25, 0.3) is 22.3 Å². The number of alkyl carbamates (subject to hydrolysis) is 1. The molecule has 11 nitrogen and oxygen atoms in total. The molecule has 226 valence electrons. The lowest BCUT2D eigenvalue weighted by Gasteiger charge is -2.27. The minimum Gasteiger partial charge on any atom is -0.453 e. The van der Waals surface area contributed by atoms with Crippen molar-refractivity contribution in [2.45, 2.75) is 57.2 Å². The van der Waals surface area contributed by atoms with Crippen LogP contribution in [0.4, 0.5) is 4.79 Å². The van der Waals surface area contributed by atoms with Crippen LogP contribution in [0.2, 0.25) is 0 Å². The van der Waals surface area contributed by atoms with Crippen LogP contribution in [-0.2, 0) is 14.3 Å². The molecule has 2 aliphatic heterocycles. The van der Waals surface area contributed by atoms with E-state index < -0.39 is 12.1 Å². The number of nitrogens with zero attached hydrogens (tertiary/aromatic N) is 4. The zero-order valence-electron chi connectivity index (χ0n) is 24.8. The zero-order chi connectivity index (χ0) is 30.6. The predicted octanol–water partition coefficient (Wildman–Crippen LogP) is 4.44. The normalized spacial score (nSPS) is 18.6. The van der Waals surface area contributed by atoms with Gasteiger partial charge in [-0.05, 0) is 68.0 Å². The number of aromatic amines is 2. The number of carbonyl (C=O) groups is 3. The Bertz CT molecular complexity index is 1730. The molecular formula is C33H35N7O4. The van der Waals surface area contributed by atoms with Gasteiger partial charge in [-0.1, -0.05) is 30.9 Å². The second-order valence-corrected chi connectivity index (χ2v) is 11.2. The SMILES string of the molecule is CCC(NC(=O)OC)C(=O)N1CCCC1c1nc2ccc(C#Cc3ccc(-c4cnc(C5CCCN5C=O)[nH]4)cc3)cc2[nH]1. The Morgan fingerprint density at radius 3 is 2.57 bits per heavy atom. The number of hydrogen-bond donors (Lipinski definition) is 3. The Morgan fingerprint density at radius 2 is 1.80 bits per heavy atom. The highest BCUT2D eigenvalue weighted by Gasteiger charge is 2.35. The number of likely N-dealkylation sites (tertiary alicyclic amines) is 2. The van der Waals surface area contributed by atoms with E-state index in [1.165, 1.54) is 7.11 Å². The number of aromatic nitrogens is 4. The van der Waals surface area contributed by atoms with Crippen LogP contribution in [0.1, 0.15) is 73.9 Å². The number of methoxy groups -OCH3 is 1. The number of imidazole rings is 2. The molecule has 4 aromatic rings. The number of fused-ring (bicyclic) bond motifs is 1. The van der Waals surface area contributed by atoms with E-state index in [4.69, 9.17) is 4.98 Å². The van der Waals surface area contributed by atoms with Crippen molar-refractivity contribution >= 4 is 29.4 Å². The Morgan fingerprint density at radius 1 is 1.05 bits per heavy atom. The Balaban J connectivity index is 1.14. The van der Waals surface area contributed by atoms with Gasteiger partial charge in [-0.3, -0.25) is 9.59 Å². The number of ether oxygens (including phenoxy) is 1. The highest BCUT2D eigenvalue weighted by atomic mass is 16.5. The first-order valence-electron chi connectivity index (χ1n) is 15.0. The lowest BCUT2D eigenvalue weighted by molar-refractivity contribution is -0.134. The molecule has 2 aromatic carbocycles. The van der Waals surface area contributed by atoms with E-state index in [9.17, 15) is 14.4 Å². The van der Waals surface area contributed by atoms with Gasteiger partial charge in [0, 0.05) is 24.2 Å². The molecule has 0 bridgehead atoms. The third kappa shape index (κ3) is 5.88. The second kappa shape index (κ2) is 12.6. The van der Waals surface area contributed by atoms with Gasteiger partial charge in [-0.25, -0.2) is 14.8 Å². The summed E-state index contributed by atoms with van der Waals surface area (Å²) in [6.07, 6.45) is 6.12. The topological polar surface area (TPSA) is 136 Å². The zero-order valence-corrected chi connectivity index (χ0v) is 24.8. The van der Waals surface area contributed by atoms with Gasteiger partial charge in [-0.2, -0.15) is 0 Å². The summed E-state index contributed by atoms with van der Waals surface area (Å²) < 4.78 is 4.69. The Labute approximate surface area is 255 Å². The monoisotopic (exact) mass is 593 g/mol. The number of H-pyrrole nitrogens is 2. The van der Waals surface area contributed by atoms with E-state index >= 15 is 0 Å². The number of benzene rings is 2. The molecule has 6 rings (SSSR count). The largest absolute Gasteiger partial charge is 0.453 e. The van der Waals surface area contributed by atoms with Crippen molar-refractivity contribution in [3.63, 3.8) is 0 Å². The lowest BCUT2D eigenvalue weighted by atomic mass is 10.1. The van der Waals surface area contributed by atoms with Crippen LogP contribution in [0.3, 0.4) is 0 Å². The minimum absolute atomic E-state index is 0.0121. The summed E-state index contributed by atoms with van der Waals surface area (Å²) in [5.41, 5.74) is 5.30. The van der Waals surface area contributed by atoms with Crippen molar-refractivity contribution in [3.8, 4) is 23.1 Å². The van der Waals surface area contributed by atoms with Crippen LogP contribution in [0, 0.1) is 11.8 Å². The summed E-state index contributed by atoms with van der Waals surface area (Å²) in [4.78, 5) is 56.0. The van der Waals surface area contributed by atoms with Crippen molar-refractivity contribution < 1.29 is 19.1 Å². The van der Waals surface area contributed by atoms with E-state index in [1.54, 1.807) is 9.80 Å². The second-order valence-electron chi connectivity index (χ2n) is 11.2. The fraction of sp³-hybridized carbons (Fsp3) is 0.364. The van der Waals surface area contributed by atoms with Gasteiger partial charge >= 0.3 is 6.09 Å². The molecule has 0 spiro atoms. The van der Waals surface area contributed by atoms with Crippen LogP contribution < -0.4 is 5.32 Å². The maximum atomic E-state index is 13.3. The quantitative estimate of drug-likeness (QED) is 0.214. The molecule has 4 heterocycles. The first-order chi connectivity index (χ1) is 21.5. The van der Waals surface area contributed by atoms with Crippen LogP contribution in [-0.4, -0.2) is 74.4 Å². The van der Waals surface area contributed by atoms with Crippen molar-refractivity contribution in [3.05, 3.63) is 71.4 Å². The molecule has 3 amide bonds. The molecule has 2 saturated heterocycles. The van der Waals surface area contributed by atoms with E-state index in [2.05, 4.69) is 36.8 Å². The molecule has 2 aliphatic rings. The van der Waals surface area contributed by atoms with Gasteiger partial charge in [0.15, 0.2) is 0 Å². The minimum atomic E-state index is -0.647. The first-order valence-corrected chi connectivity index (χ1v) is 15.0. The van der Waals surface area contributed by atoms with Crippen molar-refractivity contribution in [1.29, 1.82) is 0 Å². The molecule has 2 aromatic heterocycles. The molecule has 44 heavy (non-hydrogen) atoms. The first kappa shape index (κ1) is 29.0. The van der Waals surface area contributed by atoms with Gasteiger partial charge in [-0.15, -0.1) is 0 Å². The number of hydrogen-bond acceptors (Lipinski definition) is 6. The fourth-order valence-electron chi connectivity index (χ4n) is 6.06. The molecular weight excluding hydrogens is 558 g/mol. The summed E-state index contributed by atoms with van der Waals surface area (Å²) in [6.45, 7) is 3.23. The third-order valence-corrected chi connectivity index (χ3v) is 8.42. The Kier molecular flexibility index (Phi) is 8.32. The molecule has 0 radical (unpaired) electrons. The molecule has 3 atom stereocenters. The maximum absolute atomic E-state index is 13.3. The van der Waals surface area contributed by atoms with Gasteiger partial charge in [0.05, 0.1) is 42.1 Å². The van der Waals surface area contributed by atoms with E-state index in [0.29, 0.717) is 13.0 Å². The summed E-state index contributed by atoms with van der Waals surface area (Å²) in [6, 6.07) is 13.0. The molecule has 11 heteroatoms. The predicted molar refractivity (Wildman–Crippen MR) is 164 cm³/mol. The van der Waals surface area contributed by atoms with Crippen LogP contribution in [0.15, 0.2) is 48.7 Å². The van der Waals surface area contributed by atoms with Gasteiger partial charge in [0.25, 0.3) is 0 Å². The van der Waals surface area contributed by atoms with Gasteiger partial charge in [0.1, 0.15) is 17.7 Å². The highest BCUT2D eigenvalue weighted by Crippen LogP contribution is 2.33. The molecule has 0 aliphatic carbocycles. The highest BCUT2D eigenvalue weighted by molar-refractivity contribution is 5.86. The number of rotatable bonds is 7. The summed E-state index contributed by atoms with van der Waals surface area (Å²) >= 11 is 0. The average molecular weight is 594 g/mol. The summed E-state index contributed by atoms with van der Waals surface area (Å²) in [7, 11) is 1.29. The molecule has 3 unspecified atom stereocenters. The number of carbonyl (C=O) groups excluding carboxylic acids is 3. The smallest absolute Gasteiger partial charge is 0.407 e. The van der Waals surface area contributed by atoms with Crippen LogP contribution >= 0.6 is 0 Å². The summed E-state index contributed by atoms with van der Waals surface area (Å²) in [5, 5.41) is 2.64. The van der Waals surface area contributed by atoms with Crippen molar-refractivity contribution in [2.75, 3.05) is 20.2 Å². The van der Waals surface area contributed by atoms with E-state index in [-0.39, 0.29) is 18.0 Å². The number of nitrogens with one attached hydrogen (secondary N) is 3.